The highest BCUT2D eigenvalue weighted by molar-refractivity contribution is 5.53. The molecule has 0 unspecified atom stereocenters. The Morgan fingerprint density at radius 1 is 0.963 bits per heavy atom. The number of aromatic nitrogens is 2. The van der Waals surface area contributed by atoms with Crippen molar-refractivity contribution in [2.24, 2.45) is 0 Å². The monoisotopic (exact) mass is 367 g/mol. The quantitative estimate of drug-likeness (QED) is 0.582. The van der Waals surface area contributed by atoms with Gasteiger partial charge in [0, 0.05) is 18.5 Å². The Balaban J connectivity index is 1.49. The Morgan fingerprint density at radius 3 is 2.37 bits per heavy atom. The zero-order chi connectivity index (χ0) is 19.1. The molecular weight excluding hydrogens is 342 g/mol. The molecule has 0 aliphatic carbocycles. The van der Waals surface area contributed by atoms with Gasteiger partial charge in [-0.2, -0.15) is 4.98 Å². The van der Waals surface area contributed by atoms with Crippen LogP contribution in [0.2, 0.25) is 0 Å². The minimum Gasteiger partial charge on any atom is -0.493 e. The van der Waals surface area contributed by atoms with E-state index in [1.807, 2.05) is 37.3 Å². The third-order valence-corrected chi connectivity index (χ3v) is 4.35. The second-order valence-corrected chi connectivity index (χ2v) is 6.18. The van der Waals surface area contributed by atoms with Crippen molar-refractivity contribution >= 4 is 0 Å². The maximum Gasteiger partial charge on any atom is 0.257 e. The predicted molar refractivity (Wildman–Crippen MR) is 104 cm³/mol. The van der Waals surface area contributed by atoms with Crippen molar-refractivity contribution in [2.75, 3.05) is 20.8 Å². The summed E-state index contributed by atoms with van der Waals surface area (Å²) in [7, 11) is 3.29. The van der Waals surface area contributed by atoms with Crippen LogP contribution in [0.3, 0.4) is 0 Å². The molecule has 0 amide bonds. The van der Waals surface area contributed by atoms with Crippen LogP contribution in [0.4, 0.5) is 0 Å². The third-order valence-electron chi connectivity index (χ3n) is 4.35. The van der Waals surface area contributed by atoms with E-state index in [1.54, 1.807) is 14.2 Å². The van der Waals surface area contributed by atoms with Gasteiger partial charge in [0.2, 0.25) is 0 Å². The van der Waals surface area contributed by atoms with E-state index in [0.717, 1.165) is 54.4 Å². The molecule has 0 radical (unpaired) electrons. The highest BCUT2D eigenvalue weighted by atomic mass is 16.5. The molecule has 2 aromatic carbocycles. The fourth-order valence-electron chi connectivity index (χ4n) is 2.78. The lowest BCUT2D eigenvalue weighted by Gasteiger charge is -2.10. The molecular formula is C21H25N3O3. The van der Waals surface area contributed by atoms with E-state index in [0.29, 0.717) is 5.89 Å². The standard InChI is InChI=1S/C21H25N3O3/c1-4-20-23-21(27-24-20)17-8-5-15(6-9-17)11-12-22-14-16-7-10-18(25-2)19(13-16)26-3/h5-10,13,22H,4,11-12,14H2,1-3H3. The fraction of sp³-hybridized carbons (Fsp3) is 0.333. The number of hydrogen-bond acceptors (Lipinski definition) is 6. The van der Waals surface area contributed by atoms with Crippen LogP contribution in [0.25, 0.3) is 11.5 Å². The van der Waals surface area contributed by atoms with Gasteiger partial charge in [-0.05, 0) is 48.4 Å². The molecule has 1 aromatic heterocycles. The lowest BCUT2D eigenvalue weighted by Crippen LogP contribution is -2.16. The molecule has 0 fully saturated rings. The maximum absolute atomic E-state index is 5.34. The summed E-state index contributed by atoms with van der Waals surface area (Å²) < 4.78 is 15.9. The van der Waals surface area contributed by atoms with Crippen LogP contribution in [-0.4, -0.2) is 30.9 Å². The number of aryl methyl sites for hydroxylation is 1. The first kappa shape index (κ1) is 18.9. The normalized spacial score (nSPS) is 10.8. The van der Waals surface area contributed by atoms with Crippen LogP contribution < -0.4 is 14.8 Å². The maximum atomic E-state index is 5.34. The SMILES string of the molecule is CCc1noc(-c2ccc(CCNCc3ccc(OC)c(OC)c3)cc2)n1. The largest absolute Gasteiger partial charge is 0.493 e. The van der Waals surface area contributed by atoms with Crippen LogP contribution in [0, 0.1) is 0 Å². The molecule has 27 heavy (non-hydrogen) atoms. The lowest BCUT2D eigenvalue weighted by atomic mass is 10.1. The molecule has 0 atom stereocenters. The summed E-state index contributed by atoms with van der Waals surface area (Å²) in [5.41, 5.74) is 3.36. The summed E-state index contributed by atoms with van der Waals surface area (Å²) in [5.74, 6) is 2.80. The molecule has 1 heterocycles. The number of ether oxygens (including phenoxy) is 2. The number of hydrogen-bond donors (Lipinski definition) is 1. The van der Waals surface area contributed by atoms with Crippen LogP contribution in [0.15, 0.2) is 47.0 Å². The van der Waals surface area contributed by atoms with E-state index in [1.165, 1.54) is 5.56 Å². The first-order chi connectivity index (χ1) is 13.2. The minimum atomic E-state index is 0.574. The van der Waals surface area contributed by atoms with Gasteiger partial charge in [0.15, 0.2) is 17.3 Å². The number of nitrogens with one attached hydrogen (secondary N) is 1. The van der Waals surface area contributed by atoms with Crippen LogP contribution in [0.5, 0.6) is 11.5 Å². The number of benzene rings is 2. The van der Waals surface area contributed by atoms with Gasteiger partial charge in [0.25, 0.3) is 5.89 Å². The Kier molecular flexibility index (Phi) is 6.44. The van der Waals surface area contributed by atoms with Crippen molar-refractivity contribution in [1.29, 1.82) is 0 Å². The van der Waals surface area contributed by atoms with Gasteiger partial charge in [0.05, 0.1) is 14.2 Å². The summed E-state index contributed by atoms with van der Waals surface area (Å²) in [5, 5.41) is 7.39. The first-order valence-electron chi connectivity index (χ1n) is 9.07. The average molecular weight is 367 g/mol. The minimum absolute atomic E-state index is 0.574. The van der Waals surface area contributed by atoms with Gasteiger partial charge < -0.3 is 19.3 Å². The molecule has 1 N–H and O–H groups in total. The summed E-state index contributed by atoms with van der Waals surface area (Å²) in [6, 6.07) is 14.2. The first-order valence-corrected chi connectivity index (χ1v) is 9.07. The number of rotatable bonds is 9. The third kappa shape index (κ3) is 4.86. The zero-order valence-corrected chi connectivity index (χ0v) is 16.0. The van der Waals surface area contributed by atoms with E-state index in [9.17, 15) is 0 Å². The Bertz CT molecular complexity index is 859. The van der Waals surface area contributed by atoms with E-state index in [2.05, 4.69) is 27.6 Å². The summed E-state index contributed by atoms with van der Waals surface area (Å²) in [6.45, 7) is 3.67. The molecule has 0 saturated heterocycles. The van der Waals surface area contributed by atoms with Crippen LogP contribution >= 0.6 is 0 Å². The molecule has 0 aliphatic rings. The van der Waals surface area contributed by atoms with Gasteiger partial charge >= 0.3 is 0 Å². The molecule has 3 aromatic rings. The zero-order valence-electron chi connectivity index (χ0n) is 16.0. The second kappa shape index (κ2) is 9.19. The van der Waals surface area contributed by atoms with Crippen molar-refractivity contribution in [3.8, 4) is 23.0 Å². The van der Waals surface area contributed by atoms with Crippen molar-refractivity contribution in [3.05, 3.63) is 59.4 Å². The molecule has 0 bridgehead atoms. The summed E-state index contributed by atoms with van der Waals surface area (Å²) >= 11 is 0. The Labute approximate surface area is 159 Å². The van der Waals surface area contributed by atoms with Crippen molar-refractivity contribution in [2.45, 2.75) is 26.3 Å². The van der Waals surface area contributed by atoms with Crippen molar-refractivity contribution in [3.63, 3.8) is 0 Å². The van der Waals surface area contributed by atoms with Gasteiger partial charge in [-0.25, -0.2) is 0 Å². The van der Waals surface area contributed by atoms with Crippen molar-refractivity contribution in [1.82, 2.24) is 15.5 Å². The van der Waals surface area contributed by atoms with E-state index in [4.69, 9.17) is 14.0 Å². The van der Waals surface area contributed by atoms with E-state index < -0.39 is 0 Å². The highest BCUT2D eigenvalue weighted by Gasteiger charge is 2.07. The highest BCUT2D eigenvalue weighted by Crippen LogP contribution is 2.27. The number of methoxy groups -OCH3 is 2. The predicted octanol–water partition coefficient (Wildman–Crippen LogP) is 3.65. The number of nitrogens with zero attached hydrogens (tertiary/aromatic N) is 2. The topological polar surface area (TPSA) is 69.4 Å². The molecule has 6 nitrogen and oxygen atoms in total. The average Bonchev–Trinajstić information content (AvgIpc) is 3.20. The summed E-state index contributed by atoms with van der Waals surface area (Å²) in [6.07, 6.45) is 1.71. The van der Waals surface area contributed by atoms with Crippen LogP contribution in [0.1, 0.15) is 23.9 Å². The molecule has 0 spiro atoms. The Hall–Kier alpha value is -2.86. The van der Waals surface area contributed by atoms with Crippen molar-refractivity contribution < 1.29 is 14.0 Å². The summed E-state index contributed by atoms with van der Waals surface area (Å²) in [4.78, 5) is 4.35. The van der Waals surface area contributed by atoms with Gasteiger partial charge in [-0.3, -0.25) is 0 Å². The lowest BCUT2D eigenvalue weighted by molar-refractivity contribution is 0.354. The fourth-order valence-corrected chi connectivity index (χ4v) is 2.78. The van der Waals surface area contributed by atoms with Gasteiger partial charge in [-0.1, -0.05) is 30.3 Å². The van der Waals surface area contributed by atoms with E-state index >= 15 is 0 Å². The van der Waals surface area contributed by atoms with Gasteiger partial charge in [-0.15, -0.1) is 0 Å². The second-order valence-electron chi connectivity index (χ2n) is 6.18. The molecule has 3 rings (SSSR count). The molecule has 6 heteroatoms. The van der Waals surface area contributed by atoms with E-state index in [-0.39, 0.29) is 0 Å². The van der Waals surface area contributed by atoms with Gasteiger partial charge in [0.1, 0.15) is 0 Å². The van der Waals surface area contributed by atoms with Crippen LogP contribution in [-0.2, 0) is 19.4 Å². The Morgan fingerprint density at radius 2 is 1.70 bits per heavy atom. The smallest absolute Gasteiger partial charge is 0.257 e. The molecule has 0 aliphatic heterocycles. The molecule has 142 valence electrons. The molecule has 0 saturated carbocycles.